The summed E-state index contributed by atoms with van der Waals surface area (Å²) in [5, 5.41) is 9.55. The Labute approximate surface area is 96.0 Å². The van der Waals surface area contributed by atoms with Crippen molar-refractivity contribution in [2.75, 3.05) is 24.5 Å². The smallest absolute Gasteiger partial charge is 0.195 e. The second kappa shape index (κ2) is 4.89. The van der Waals surface area contributed by atoms with Gasteiger partial charge in [-0.05, 0) is 24.8 Å². The van der Waals surface area contributed by atoms with Crippen molar-refractivity contribution in [1.29, 1.82) is 0 Å². The maximum atomic E-state index is 9.55. The average molecular weight is 224 g/mol. The van der Waals surface area contributed by atoms with Crippen molar-refractivity contribution in [2.24, 2.45) is 11.7 Å². The van der Waals surface area contributed by atoms with Gasteiger partial charge in [0.05, 0.1) is 0 Å². The molecule has 3 N–H and O–H groups in total. The van der Waals surface area contributed by atoms with Gasteiger partial charge in [0.25, 0.3) is 0 Å². The first-order chi connectivity index (χ1) is 7.70. The van der Waals surface area contributed by atoms with Crippen LogP contribution < -0.4 is 10.6 Å². The van der Waals surface area contributed by atoms with E-state index in [1.54, 1.807) is 0 Å². The molecule has 0 amide bonds. The fourth-order valence-electron chi connectivity index (χ4n) is 2.04. The molecule has 1 aliphatic rings. The molecule has 90 valence electrons. The number of anilines is 1. The Bertz CT molecular complexity index is 330. The minimum Gasteiger partial charge on any atom is -0.443 e. The summed E-state index contributed by atoms with van der Waals surface area (Å²) in [5.74, 6) is 2.23. The molecule has 0 aromatic carbocycles. The van der Waals surface area contributed by atoms with E-state index in [-0.39, 0.29) is 6.54 Å². The number of piperidine rings is 1. The molecule has 16 heavy (non-hydrogen) atoms. The molecule has 0 unspecified atom stereocenters. The van der Waals surface area contributed by atoms with E-state index in [0.29, 0.717) is 5.76 Å². The van der Waals surface area contributed by atoms with Crippen LogP contribution in [-0.4, -0.2) is 24.7 Å². The van der Waals surface area contributed by atoms with Gasteiger partial charge in [0.15, 0.2) is 5.88 Å². The molecule has 1 fully saturated rings. The highest BCUT2D eigenvalue weighted by Crippen LogP contribution is 2.26. The minimum absolute atomic E-state index is 0.198. The number of furan rings is 1. The molecule has 1 aromatic heterocycles. The standard InChI is InChI=1S/C12H20N2O2/c1-9-4-6-14(7-5-9)12-3-2-11(16-12)10(15)8-13/h2-3,9-10,15H,4-8,13H2,1H3/t10-/m1/s1. The second-order valence-corrected chi connectivity index (χ2v) is 4.60. The molecule has 0 radical (unpaired) electrons. The Balaban J connectivity index is 2.01. The van der Waals surface area contributed by atoms with Crippen molar-refractivity contribution in [3.8, 4) is 0 Å². The predicted octanol–water partition coefficient (Wildman–Crippen LogP) is 1.51. The van der Waals surface area contributed by atoms with E-state index in [1.807, 2.05) is 12.1 Å². The maximum Gasteiger partial charge on any atom is 0.195 e. The molecule has 2 rings (SSSR count). The lowest BCUT2D eigenvalue weighted by Crippen LogP contribution is -2.32. The number of aliphatic hydroxyl groups excluding tert-OH is 1. The Hall–Kier alpha value is -1.00. The Morgan fingerprint density at radius 3 is 2.81 bits per heavy atom. The summed E-state index contributed by atoms with van der Waals surface area (Å²) < 4.78 is 5.61. The summed E-state index contributed by atoms with van der Waals surface area (Å²) >= 11 is 0. The number of hydrogen-bond acceptors (Lipinski definition) is 4. The van der Waals surface area contributed by atoms with Gasteiger partial charge in [0, 0.05) is 25.7 Å². The van der Waals surface area contributed by atoms with E-state index < -0.39 is 6.10 Å². The number of nitrogens with zero attached hydrogens (tertiary/aromatic N) is 1. The molecular formula is C12H20N2O2. The minimum atomic E-state index is -0.683. The average Bonchev–Trinajstić information content (AvgIpc) is 2.78. The van der Waals surface area contributed by atoms with Crippen LogP contribution in [0.4, 0.5) is 5.88 Å². The summed E-state index contributed by atoms with van der Waals surface area (Å²) in [4.78, 5) is 2.23. The van der Waals surface area contributed by atoms with Crippen molar-refractivity contribution < 1.29 is 9.52 Å². The molecule has 1 saturated heterocycles. The zero-order valence-corrected chi connectivity index (χ0v) is 9.72. The van der Waals surface area contributed by atoms with Gasteiger partial charge < -0.3 is 20.2 Å². The van der Waals surface area contributed by atoms with E-state index in [2.05, 4.69) is 11.8 Å². The molecule has 1 aliphatic heterocycles. The zero-order chi connectivity index (χ0) is 11.5. The highest BCUT2D eigenvalue weighted by atomic mass is 16.4. The van der Waals surface area contributed by atoms with Crippen LogP contribution in [0.3, 0.4) is 0 Å². The first kappa shape index (κ1) is 11.5. The highest BCUT2D eigenvalue weighted by molar-refractivity contribution is 5.37. The van der Waals surface area contributed by atoms with Crippen LogP contribution in [0.2, 0.25) is 0 Å². The van der Waals surface area contributed by atoms with Crippen molar-refractivity contribution in [2.45, 2.75) is 25.9 Å². The number of rotatable bonds is 3. The molecule has 2 heterocycles. The Kier molecular flexibility index (Phi) is 3.51. The fraction of sp³-hybridized carbons (Fsp3) is 0.667. The van der Waals surface area contributed by atoms with Crippen LogP contribution in [0.25, 0.3) is 0 Å². The molecule has 0 aliphatic carbocycles. The quantitative estimate of drug-likeness (QED) is 0.817. The van der Waals surface area contributed by atoms with Crippen LogP contribution in [0, 0.1) is 5.92 Å². The molecule has 4 nitrogen and oxygen atoms in total. The van der Waals surface area contributed by atoms with Gasteiger partial charge in [-0.2, -0.15) is 0 Å². The third-order valence-electron chi connectivity index (χ3n) is 3.26. The highest BCUT2D eigenvalue weighted by Gasteiger charge is 2.19. The first-order valence-corrected chi connectivity index (χ1v) is 5.93. The number of nitrogens with two attached hydrogens (primary N) is 1. The Morgan fingerprint density at radius 2 is 2.19 bits per heavy atom. The van der Waals surface area contributed by atoms with Crippen LogP contribution in [0.1, 0.15) is 31.6 Å². The van der Waals surface area contributed by atoms with E-state index in [1.165, 1.54) is 12.8 Å². The van der Waals surface area contributed by atoms with E-state index in [4.69, 9.17) is 10.2 Å². The number of aliphatic hydroxyl groups is 1. The monoisotopic (exact) mass is 224 g/mol. The van der Waals surface area contributed by atoms with E-state index in [9.17, 15) is 5.11 Å². The van der Waals surface area contributed by atoms with Gasteiger partial charge in [-0.1, -0.05) is 6.92 Å². The largest absolute Gasteiger partial charge is 0.443 e. The number of hydrogen-bond donors (Lipinski definition) is 2. The molecule has 1 atom stereocenters. The van der Waals surface area contributed by atoms with Crippen LogP contribution in [0.5, 0.6) is 0 Å². The fourth-order valence-corrected chi connectivity index (χ4v) is 2.04. The van der Waals surface area contributed by atoms with Crippen molar-refractivity contribution in [3.05, 3.63) is 17.9 Å². The zero-order valence-electron chi connectivity index (χ0n) is 9.72. The lowest BCUT2D eigenvalue weighted by Gasteiger charge is -2.29. The van der Waals surface area contributed by atoms with Crippen molar-refractivity contribution in [1.82, 2.24) is 0 Å². The summed E-state index contributed by atoms with van der Waals surface area (Å²) in [7, 11) is 0. The molecule has 0 saturated carbocycles. The SMILES string of the molecule is CC1CCN(c2ccc([C@H](O)CN)o2)CC1. The van der Waals surface area contributed by atoms with Crippen molar-refractivity contribution >= 4 is 5.88 Å². The van der Waals surface area contributed by atoms with Gasteiger partial charge in [-0.25, -0.2) is 0 Å². The lowest BCUT2D eigenvalue weighted by atomic mass is 9.99. The summed E-state index contributed by atoms with van der Waals surface area (Å²) in [6, 6.07) is 3.73. The molecular weight excluding hydrogens is 204 g/mol. The van der Waals surface area contributed by atoms with E-state index in [0.717, 1.165) is 24.9 Å². The molecule has 0 bridgehead atoms. The van der Waals surface area contributed by atoms with Crippen LogP contribution in [0.15, 0.2) is 16.5 Å². The van der Waals surface area contributed by atoms with Gasteiger partial charge in [0.2, 0.25) is 0 Å². The van der Waals surface area contributed by atoms with Gasteiger partial charge in [-0.15, -0.1) is 0 Å². The normalized spacial score (nSPS) is 20.1. The summed E-state index contributed by atoms with van der Waals surface area (Å²) in [6.45, 7) is 4.55. The van der Waals surface area contributed by atoms with Crippen LogP contribution in [-0.2, 0) is 0 Å². The Morgan fingerprint density at radius 1 is 1.50 bits per heavy atom. The van der Waals surface area contributed by atoms with Gasteiger partial charge in [0.1, 0.15) is 11.9 Å². The summed E-state index contributed by atoms with van der Waals surface area (Å²) in [5.41, 5.74) is 5.39. The molecule has 4 heteroatoms. The van der Waals surface area contributed by atoms with Crippen molar-refractivity contribution in [3.63, 3.8) is 0 Å². The summed E-state index contributed by atoms with van der Waals surface area (Å²) in [6.07, 6.45) is 1.72. The second-order valence-electron chi connectivity index (χ2n) is 4.60. The molecule has 1 aromatic rings. The van der Waals surface area contributed by atoms with Gasteiger partial charge in [-0.3, -0.25) is 0 Å². The van der Waals surface area contributed by atoms with E-state index >= 15 is 0 Å². The third kappa shape index (κ3) is 2.39. The predicted molar refractivity (Wildman–Crippen MR) is 63.3 cm³/mol. The van der Waals surface area contributed by atoms with Gasteiger partial charge >= 0.3 is 0 Å². The first-order valence-electron chi connectivity index (χ1n) is 5.93. The topological polar surface area (TPSA) is 62.6 Å². The molecule has 0 spiro atoms. The maximum absolute atomic E-state index is 9.55. The third-order valence-corrected chi connectivity index (χ3v) is 3.26. The van der Waals surface area contributed by atoms with Crippen LogP contribution >= 0.6 is 0 Å². The lowest BCUT2D eigenvalue weighted by molar-refractivity contribution is 0.158.